The Kier molecular flexibility index (Phi) is 5.23. The van der Waals surface area contributed by atoms with Gasteiger partial charge in [-0.1, -0.05) is 13.8 Å². The van der Waals surface area contributed by atoms with Gasteiger partial charge in [-0.2, -0.15) is 9.40 Å². The molecule has 1 aromatic carbocycles. The van der Waals surface area contributed by atoms with Crippen molar-refractivity contribution in [2.24, 2.45) is 4.99 Å². The molecule has 3 heterocycles. The van der Waals surface area contributed by atoms with E-state index in [-0.39, 0.29) is 22.4 Å². The summed E-state index contributed by atoms with van der Waals surface area (Å²) in [5.41, 5.74) is 1.72. The van der Waals surface area contributed by atoms with E-state index < -0.39 is 19.9 Å². The molecule has 1 aromatic heterocycles. The van der Waals surface area contributed by atoms with Crippen LogP contribution in [0, 0.1) is 6.92 Å². The van der Waals surface area contributed by atoms with Crippen molar-refractivity contribution in [3.8, 4) is 11.6 Å². The van der Waals surface area contributed by atoms with E-state index in [0.717, 1.165) is 0 Å². The first-order valence-electron chi connectivity index (χ1n) is 9.82. The number of hydrogen-bond donors (Lipinski definition) is 0. The lowest BCUT2D eigenvalue weighted by atomic mass is 10.2. The highest BCUT2D eigenvalue weighted by atomic mass is 32.2. The second-order valence-corrected chi connectivity index (χ2v) is 11.6. The third kappa shape index (κ3) is 3.54. The molecule has 0 unspecified atom stereocenters. The summed E-state index contributed by atoms with van der Waals surface area (Å²) in [6.45, 7) is 6.14. The average Bonchev–Trinajstić information content (AvgIpc) is 3.12. The van der Waals surface area contributed by atoms with Crippen molar-refractivity contribution in [1.82, 2.24) is 14.1 Å². The third-order valence-electron chi connectivity index (χ3n) is 5.45. The molecular formula is C19H24N4O5S2. The Balaban J connectivity index is 1.74. The second-order valence-electron chi connectivity index (χ2n) is 7.38. The van der Waals surface area contributed by atoms with Crippen LogP contribution in [0.2, 0.25) is 0 Å². The summed E-state index contributed by atoms with van der Waals surface area (Å²) in [6.07, 6.45) is 2.07. The quantitative estimate of drug-likeness (QED) is 0.588. The highest BCUT2D eigenvalue weighted by Gasteiger charge is 2.34. The molecule has 0 spiro atoms. The number of aromatic nitrogens is 2. The fourth-order valence-corrected chi connectivity index (χ4v) is 6.97. The summed E-state index contributed by atoms with van der Waals surface area (Å²) in [5.74, 6) is 0.972. The van der Waals surface area contributed by atoms with Crippen LogP contribution in [0.15, 0.2) is 28.1 Å². The maximum atomic E-state index is 12.8. The molecule has 4 rings (SSSR count). The predicted molar refractivity (Wildman–Crippen MR) is 113 cm³/mol. The summed E-state index contributed by atoms with van der Waals surface area (Å²) in [4.78, 5) is 4.59. The SMILES string of the molecule is CCN(CC)S(=O)(=O)c1ccc2c(c1)N=Cc1c(C)nn([C@H]3CCS(=O)(=O)C3)c1O2. The molecule has 11 heteroatoms. The van der Waals surface area contributed by atoms with Gasteiger partial charge in [-0.25, -0.2) is 21.5 Å². The van der Waals surface area contributed by atoms with Crippen LogP contribution in [0.5, 0.6) is 11.6 Å². The van der Waals surface area contributed by atoms with Gasteiger partial charge in [-0.3, -0.25) is 4.99 Å². The van der Waals surface area contributed by atoms with Crippen molar-refractivity contribution in [2.45, 2.75) is 38.1 Å². The van der Waals surface area contributed by atoms with Crippen molar-refractivity contribution < 1.29 is 21.6 Å². The predicted octanol–water partition coefficient (Wildman–Crippen LogP) is 2.44. The van der Waals surface area contributed by atoms with Crippen LogP contribution >= 0.6 is 0 Å². The first kappa shape index (κ1) is 21.0. The molecule has 2 aromatic rings. The van der Waals surface area contributed by atoms with Gasteiger partial charge in [0.1, 0.15) is 5.69 Å². The van der Waals surface area contributed by atoms with Gasteiger partial charge < -0.3 is 4.74 Å². The van der Waals surface area contributed by atoms with Crippen LogP contribution in [0.4, 0.5) is 5.69 Å². The summed E-state index contributed by atoms with van der Waals surface area (Å²) >= 11 is 0. The van der Waals surface area contributed by atoms with Crippen molar-refractivity contribution in [2.75, 3.05) is 24.6 Å². The molecule has 2 aliphatic heterocycles. The molecule has 0 amide bonds. The van der Waals surface area contributed by atoms with E-state index in [1.165, 1.54) is 16.4 Å². The Morgan fingerprint density at radius 1 is 1.27 bits per heavy atom. The fraction of sp³-hybridized carbons (Fsp3) is 0.474. The first-order valence-corrected chi connectivity index (χ1v) is 13.1. The smallest absolute Gasteiger partial charge is 0.243 e. The van der Waals surface area contributed by atoms with Crippen LogP contribution in [0.3, 0.4) is 0 Å². The van der Waals surface area contributed by atoms with E-state index in [1.54, 1.807) is 37.7 Å². The number of ether oxygens (including phenoxy) is 1. The Labute approximate surface area is 176 Å². The zero-order valence-corrected chi connectivity index (χ0v) is 18.7. The number of nitrogens with zero attached hydrogens (tertiary/aromatic N) is 4. The molecular weight excluding hydrogens is 428 g/mol. The van der Waals surface area contributed by atoms with Crippen LogP contribution in [0.1, 0.15) is 37.6 Å². The zero-order valence-electron chi connectivity index (χ0n) is 17.1. The van der Waals surface area contributed by atoms with Gasteiger partial charge in [-0.05, 0) is 31.5 Å². The standard InChI is InChI=1S/C19H24N4O5S2/c1-4-22(5-2)30(26,27)15-6-7-18-17(10-15)20-11-16-13(3)21-23(19(16)28-18)14-8-9-29(24,25)12-14/h6-7,10-11,14H,4-5,8-9,12H2,1-3H3/t14-/m0/s1. The molecule has 1 atom stereocenters. The number of hydrogen-bond acceptors (Lipinski definition) is 7. The van der Waals surface area contributed by atoms with Gasteiger partial charge in [0.05, 0.1) is 33.7 Å². The molecule has 0 saturated carbocycles. The number of aliphatic imine (C=N–C) groups is 1. The topological polar surface area (TPSA) is 111 Å². The summed E-state index contributed by atoms with van der Waals surface area (Å²) in [6, 6.07) is 4.28. The Bertz CT molecular complexity index is 1230. The highest BCUT2D eigenvalue weighted by Crippen LogP contribution is 2.40. The van der Waals surface area contributed by atoms with E-state index in [4.69, 9.17) is 4.74 Å². The molecule has 0 bridgehead atoms. The fourth-order valence-electron chi connectivity index (χ4n) is 3.80. The number of fused-ring (bicyclic) bond motifs is 2. The van der Waals surface area contributed by atoms with E-state index in [2.05, 4.69) is 10.1 Å². The average molecular weight is 453 g/mol. The summed E-state index contributed by atoms with van der Waals surface area (Å²) < 4.78 is 58.6. The van der Waals surface area contributed by atoms with Gasteiger partial charge in [0, 0.05) is 19.3 Å². The highest BCUT2D eigenvalue weighted by molar-refractivity contribution is 7.91. The first-order chi connectivity index (χ1) is 14.2. The second kappa shape index (κ2) is 7.47. The maximum absolute atomic E-state index is 12.8. The number of rotatable bonds is 5. The number of sulfone groups is 1. The molecule has 30 heavy (non-hydrogen) atoms. The largest absolute Gasteiger partial charge is 0.436 e. The van der Waals surface area contributed by atoms with E-state index in [1.807, 2.05) is 0 Å². The lowest BCUT2D eigenvalue weighted by Crippen LogP contribution is -2.30. The van der Waals surface area contributed by atoms with E-state index in [9.17, 15) is 16.8 Å². The maximum Gasteiger partial charge on any atom is 0.243 e. The van der Waals surface area contributed by atoms with E-state index in [0.29, 0.717) is 48.1 Å². The van der Waals surface area contributed by atoms with Gasteiger partial charge in [0.15, 0.2) is 15.6 Å². The summed E-state index contributed by atoms with van der Waals surface area (Å²) in [5, 5.41) is 4.49. The number of aryl methyl sites for hydroxylation is 1. The lowest BCUT2D eigenvalue weighted by molar-refractivity contribution is 0.380. The minimum atomic E-state index is -3.62. The van der Waals surface area contributed by atoms with Gasteiger partial charge in [0.25, 0.3) is 0 Å². The third-order valence-corrected chi connectivity index (χ3v) is 9.25. The Morgan fingerprint density at radius 3 is 2.63 bits per heavy atom. The Morgan fingerprint density at radius 2 is 2.00 bits per heavy atom. The number of benzene rings is 1. The van der Waals surface area contributed by atoms with Crippen molar-refractivity contribution in [3.05, 3.63) is 29.5 Å². The van der Waals surface area contributed by atoms with Gasteiger partial charge in [0.2, 0.25) is 15.9 Å². The molecule has 0 radical (unpaired) electrons. The lowest BCUT2D eigenvalue weighted by Gasteiger charge is -2.19. The summed E-state index contributed by atoms with van der Waals surface area (Å²) in [7, 11) is -6.71. The molecule has 0 aliphatic carbocycles. The molecule has 1 fully saturated rings. The molecule has 162 valence electrons. The van der Waals surface area contributed by atoms with E-state index >= 15 is 0 Å². The van der Waals surface area contributed by atoms with Crippen molar-refractivity contribution >= 4 is 31.8 Å². The molecule has 0 N–H and O–H groups in total. The molecule has 2 aliphatic rings. The number of sulfonamides is 1. The van der Waals surface area contributed by atoms with Crippen molar-refractivity contribution in [3.63, 3.8) is 0 Å². The normalized spacial score (nSPS) is 19.9. The van der Waals surface area contributed by atoms with Gasteiger partial charge in [-0.15, -0.1) is 0 Å². The molecule has 9 nitrogen and oxygen atoms in total. The zero-order chi connectivity index (χ0) is 21.7. The van der Waals surface area contributed by atoms with Crippen molar-refractivity contribution in [1.29, 1.82) is 0 Å². The van der Waals surface area contributed by atoms with Gasteiger partial charge >= 0.3 is 0 Å². The minimum absolute atomic E-state index is 0.0228. The minimum Gasteiger partial charge on any atom is -0.436 e. The molecule has 1 saturated heterocycles. The van der Waals surface area contributed by atoms with Crippen LogP contribution in [-0.4, -0.2) is 61.7 Å². The van der Waals surface area contributed by atoms with Crippen LogP contribution in [-0.2, 0) is 19.9 Å². The Hall–Kier alpha value is -2.24. The van der Waals surface area contributed by atoms with Crippen LogP contribution in [0.25, 0.3) is 0 Å². The van der Waals surface area contributed by atoms with Crippen LogP contribution < -0.4 is 4.74 Å². The monoisotopic (exact) mass is 452 g/mol.